The third kappa shape index (κ3) is 4.30. The fraction of sp³-hybridized carbons (Fsp3) is 0.182. The molecule has 5 nitrogen and oxygen atoms in total. The zero-order valence-electron chi connectivity index (χ0n) is 16.7. The van der Waals surface area contributed by atoms with Gasteiger partial charge in [0.25, 0.3) is 0 Å². The molecule has 0 aliphatic heterocycles. The molecule has 3 aromatic heterocycles. The van der Waals surface area contributed by atoms with E-state index in [0.29, 0.717) is 10.7 Å². The van der Waals surface area contributed by atoms with Crippen LogP contribution in [0.1, 0.15) is 21.5 Å². The number of thioether (sulfide) groups is 1. The molecule has 0 aliphatic carbocycles. The maximum atomic E-state index is 12.5. The predicted molar refractivity (Wildman–Crippen MR) is 124 cm³/mol. The van der Waals surface area contributed by atoms with E-state index in [9.17, 15) is 4.79 Å². The topological polar surface area (TPSA) is 65.0 Å². The summed E-state index contributed by atoms with van der Waals surface area (Å²) in [5.41, 5.74) is 4.56. The summed E-state index contributed by atoms with van der Waals surface area (Å²) in [5, 5.41) is 13.4. The number of benzene rings is 1. The summed E-state index contributed by atoms with van der Waals surface area (Å²) in [6.07, 6.45) is 0. The van der Waals surface area contributed by atoms with Crippen molar-refractivity contribution in [2.45, 2.75) is 19.0 Å². The molecule has 0 bridgehead atoms. The molecule has 0 fully saturated rings. The largest absolute Gasteiger partial charge is 0.497 e. The summed E-state index contributed by atoms with van der Waals surface area (Å²) in [6, 6.07) is 11.3. The van der Waals surface area contributed by atoms with Gasteiger partial charge in [-0.1, -0.05) is 11.8 Å². The van der Waals surface area contributed by atoms with Crippen LogP contribution >= 0.6 is 34.4 Å². The second-order valence-corrected chi connectivity index (χ2v) is 9.37. The molecule has 0 radical (unpaired) electrons. The number of thiophene rings is 2. The molecular weight excluding hydrogens is 434 g/mol. The fourth-order valence-corrected chi connectivity index (χ4v) is 5.41. The first-order chi connectivity index (χ1) is 14.6. The van der Waals surface area contributed by atoms with Gasteiger partial charge in [-0.15, -0.1) is 32.9 Å². The summed E-state index contributed by atoms with van der Waals surface area (Å²) >= 11 is 4.58. The number of ether oxygens (including phenoxy) is 1. The van der Waals surface area contributed by atoms with Crippen molar-refractivity contribution in [3.8, 4) is 26.9 Å². The Balaban J connectivity index is 1.61. The van der Waals surface area contributed by atoms with Gasteiger partial charge < -0.3 is 4.74 Å². The van der Waals surface area contributed by atoms with Crippen LogP contribution in [-0.4, -0.2) is 33.8 Å². The Kier molecular flexibility index (Phi) is 6.26. The van der Waals surface area contributed by atoms with Gasteiger partial charge in [-0.05, 0) is 72.1 Å². The normalized spacial score (nSPS) is 10.9. The van der Waals surface area contributed by atoms with Gasteiger partial charge in [0.2, 0.25) is 5.16 Å². The number of aromatic nitrogens is 3. The lowest BCUT2D eigenvalue weighted by atomic mass is 10.1. The standard InChI is InChI=1S/C22H19N3O2S3/c1-13-8-10-28-20(13)18-19(21-14(2)9-11-29-21)24-25-22(23-18)30-12-17(26)15-4-6-16(27-3)7-5-15/h4-11H,12H2,1-3H3. The Hall–Kier alpha value is -2.55. The van der Waals surface area contributed by atoms with Crippen molar-refractivity contribution in [3.05, 3.63) is 63.8 Å². The summed E-state index contributed by atoms with van der Waals surface area (Å²) in [5.74, 6) is 0.981. The highest BCUT2D eigenvalue weighted by Gasteiger charge is 2.19. The molecule has 8 heteroatoms. The van der Waals surface area contributed by atoms with Crippen molar-refractivity contribution < 1.29 is 9.53 Å². The number of hydrogen-bond donors (Lipinski definition) is 0. The molecule has 1 aromatic carbocycles. The van der Waals surface area contributed by atoms with E-state index in [1.807, 2.05) is 5.38 Å². The lowest BCUT2D eigenvalue weighted by molar-refractivity contribution is 0.102. The van der Waals surface area contributed by atoms with E-state index in [0.717, 1.165) is 38.0 Å². The van der Waals surface area contributed by atoms with Crippen molar-refractivity contribution in [2.75, 3.05) is 12.9 Å². The lowest BCUT2D eigenvalue weighted by Crippen LogP contribution is -2.04. The summed E-state index contributed by atoms with van der Waals surface area (Å²) in [7, 11) is 1.60. The highest BCUT2D eigenvalue weighted by atomic mass is 32.2. The second-order valence-electron chi connectivity index (χ2n) is 6.60. The average molecular weight is 454 g/mol. The summed E-state index contributed by atoms with van der Waals surface area (Å²) < 4.78 is 5.14. The van der Waals surface area contributed by atoms with Crippen LogP contribution in [0.25, 0.3) is 21.1 Å². The molecule has 30 heavy (non-hydrogen) atoms. The summed E-state index contributed by atoms with van der Waals surface area (Å²) in [6.45, 7) is 4.13. The summed E-state index contributed by atoms with van der Waals surface area (Å²) in [4.78, 5) is 19.5. The molecule has 152 valence electrons. The van der Waals surface area contributed by atoms with E-state index >= 15 is 0 Å². The quantitative estimate of drug-likeness (QED) is 0.255. The van der Waals surface area contributed by atoms with E-state index in [1.165, 1.54) is 11.8 Å². The van der Waals surface area contributed by atoms with Crippen molar-refractivity contribution in [1.29, 1.82) is 0 Å². The zero-order chi connectivity index (χ0) is 21.1. The van der Waals surface area contributed by atoms with Crippen LogP contribution in [-0.2, 0) is 0 Å². The van der Waals surface area contributed by atoms with Crippen molar-refractivity contribution in [3.63, 3.8) is 0 Å². The molecule has 0 N–H and O–H groups in total. The van der Waals surface area contributed by atoms with Crippen LogP contribution in [0, 0.1) is 13.8 Å². The minimum atomic E-state index is 0.0123. The van der Waals surface area contributed by atoms with Crippen LogP contribution in [0.2, 0.25) is 0 Å². The Bertz CT molecular complexity index is 1180. The maximum absolute atomic E-state index is 12.5. The number of rotatable bonds is 7. The highest BCUT2D eigenvalue weighted by Crippen LogP contribution is 2.38. The molecule has 0 unspecified atom stereocenters. The molecule has 4 aromatic rings. The molecule has 0 spiro atoms. The Morgan fingerprint density at radius 3 is 2.13 bits per heavy atom. The maximum Gasteiger partial charge on any atom is 0.210 e. The number of hydrogen-bond acceptors (Lipinski definition) is 8. The Morgan fingerprint density at radius 2 is 1.57 bits per heavy atom. The minimum Gasteiger partial charge on any atom is -0.497 e. The fourth-order valence-electron chi connectivity index (χ4n) is 2.90. The van der Waals surface area contributed by atoms with Gasteiger partial charge >= 0.3 is 0 Å². The molecule has 3 heterocycles. The van der Waals surface area contributed by atoms with E-state index in [2.05, 4.69) is 41.6 Å². The van der Waals surface area contributed by atoms with Crippen molar-refractivity contribution >= 4 is 40.2 Å². The number of methoxy groups -OCH3 is 1. The van der Waals surface area contributed by atoms with Gasteiger partial charge in [-0.3, -0.25) is 4.79 Å². The van der Waals surface area contributed by atoms with E-state index in [1.54, 1.807) is 54.0 Å². The number of carbonyl (C=O) groups is 1. The number of nitrogens with zero attached hydrogens (tertiary/aromatic N) is 3. The lowest BCUT2D eigenvalue weighted by Gasteiger charge is -2.08. The Labute approximate surface area is 187 Å². The molecule has 0 amide bonds. The van der Waals surface area contributed by atoms with Crippen LogP contribution in [0.3, 0.4) is 0 Å². The first-order valence-corrected chi connectivity index (χ1v) is 11.9. The molecule has 0 saturated carbocycles. The molecule has 4 rings (SSSR count). The van der Waals surface area contributed by atoms with Gasteiger partial charge in [0.15, 0.2) is 5.78 Å². The first-order valence-electron chi connectivity index (χ1n) is 9.20. The molecule has 0 saturated heterocycles. The minimum absolute atomic E-state index is 0.0123. The average Bonchev–Trinajstić information content (AvgIpc) is 3.39. The number of carbonyl (C=O) groups excluding carboxylic acids is 1. The predicted octanol–water partition coefficient (Wildman–Crippen LogP) is 5.93. The number of ketones is 1. The van der Waals surface area contributed by atoms with Crippen LogP contribution < -0.4 is 4.74 Å². The van der Waals surface area contributed by atoms with Gasteiger partial charge in [0, 0.05) is 5.56 Å². The van der Waals surface area contributed by atoms with Crippen LogP contribution in [0.4, 0.5) is 0 Å². The molecule has 0 atom stereocenters. The van der Waals surface area contributed by atoms with Crippen LogP contribution in [0.5, 0.6) is 5.75 Å². The third-order valence-corrected chi connectivity index (χ3v) is 7.45. The smallest absolute Gasteiger partial charge is 0.210 e. The van der Waals surface area contributed by atoms with Crippen LogP contribution in [0.15, 0.2) is 52.3 Å². The monoisotopic (exact) mass is 453 g/mol. The van der Waals surface area contributed by atoms with Gasteiger partial charge in [0.1, 0.15) is 17.1 Å². The van der Waals surface area contributed by atoms with E-state index in [4.69, 9.17) is 9.72 Å². The van der Waals surface area contributed by atoms with Crippen molar-refractivity contribution in [1.82, 2.24) is 15.2 Å². The van der Waals surface area contributed by atoms with Crippen molar-refractivity contribution in [2.24, 2.45) is 0 Å². The molecule has 0 aliphatic rings. The van der Waals surface area contributed by atoms with E-state index < -0.39 is 0 Å². The zero-order valence-corrected chi connectivity index (χ0v) is 19.2. The molecular formula is C22H19N3O2S3. The number of aryl methyl sites for hydroxylation is 2. The number of Topliss-reactive ketones (excluding diaryl/α,β-unsaturated/α-hetero) is 1. The second kappa shape index (κ2) is 9.07. The van der Waals surface area contributed by atoms with Gasteiger partial charge in [0.05, 0.1) is 22.6 Å². The first kappa shape index (κ1) is 20.7. The Morgan fingerprint density at radius 1 is 0.933 bits per heavy atom. The highest BCUT2D eigenvalue weighted by molar-refractivity contribution is 7.99. The van der Waals surface area contributed by atoms with E-state index in [-0.39, 0.29) is 11.5 Å². The SMILES string of the molecule is COc1ccc(C(=O)CSc2nnc(-c3sccc3C)c(-c3sccc3C)n2)cc1. The van der Waals surface area contributed by atoms with Gasteiger partial charge in [-0.25, -0.2) is 4.98 Å². The third-order valence-electron chi connectivity index (χ3n) is 4.57. The van der Waals surface area contributed by atoms with Gasteiger partial charge in [-0.2, -0.15) is 0 Å².